The summed E-state index contributed by atoms with van der Waals surface area (Å²) in [4.78, 5) is 38.3. The van der Waals surface area contributed by atoms with E-state index in [4.69, 9.17) is 21.6 Å². The van der Waals surface area contributed by atoms with Crippen molar-refractivity contribution in [2.24, 2.45) is 0 Å². The number of imide groups is 2. The molecule has 1 aliphatic heterocycles. The maximum atomic E-state index is 12.9. The first-order valence-corrected chi connectivity index (χ1v) is 9.46. The third-order valence-electron chi connectivity index (χ3n) is 4.07. The zero-order chi connectivity index (χ0) is 21.1. The van der Waals surface area contributed by atoms with Crippen LogP contribution in [0.4, 0.5) is 10.5 Å². The molecule has 0 saturated carbocycles. The fourth-order valence-corrected chi connectivity index (χ4v) is 3.30. The first-order valence-electron chi connectivity index (χ1n) is 8.28. The van der Waals surface area contributed by atoms with Crippen LogP contribution in [0, 0.1) is 18.3 Å². The number of urea groups is 1. The van der Waals surface area contributed by atoms with Gasteiger partial charge in [-0.1, -0.05) is 23.7 Å². The number of anilines is 1. The molecule has 1 aliphatic rings. The Labute approximate surface area is 179 Å². The Kier molecular flexibility index (Phi) is 6.01. The molecule has 7 nitrogen and oxygen atoms in total. The molecule has 0 aromatic heterocycles. The largest absolute Gasteiger partial charge is 0.478 e. The van der Waals surface area contributed by atoms with Crippen molar-refractivity contribution < 1.29 is 19.1 Å². The highest BCUT2D eigenvalue weighted by Crippen LogP contribution is 2.29. The van der Waals surface area contributed by atoms with Gasteiger partial charge in [-0.2, -0.15) is 5.26 Å². The maximum Gasteiger partial charge on any atom is 0.335 e. The van der Waals surface area contributed by atoms with Gasteiger partial charge >= 0.3 is 6.03 Å². The van der Waals surface area contributed by atoms with Crippen LogP contribution in [-0.4, -0.2) is 24.5 Å². The molecular weight excluding hydrogens is 462 g/mol. The van der Waals surface area contributed by atoms with Crippen molar-refractivity contribution in [1.29, 1.82) is 5.26 Å². The third-order valence-corrected chi connectivity index (χ3v) is 5.10. The van der Waals surface area contributed by atoms with Crippen molar-refractivity contribution in [3.05, 3.63) is 62.6 Å². The summed E-state index contributed by atoms with van der Waals surface area (Å²) in [7, 11) is 0. The topological polar surface area (TPSA) is 99.5 Å². The summed E-state index contributed by atoms with van der Waals surface area (Å²) in [6.07, 6.45) is 1.37. The summed E-state index contributed by atoms with van der Waals surface area (Å²) in [5, 5.41) is 11.1. The monoisotopic (exact) mass is 473 g/mol. The van der Waals surface area contributed by atoms with Crippen molar-refractivity contribution in [2.75, 3.05) is 11.5 Å². The lowest BCUT2D eigenvalue weighted by atomic mass is 10.1. The number of benzene rings is 2. The third kappa shape index (κ3) is 4.31. The Morgan fingerprint density at radius 1 is 1.24 bits per heavy atom. The quantitative estimate of drug-likeness (QED) is 0.534. The Bertz CT molecular complexity index is 1110. The zero-order valence-electron chi connectivity index (χ0n) is 15.0. The Hall–Kier alpha value is -3.15. The van der Waals surface area contributed by atoms with E-state index in [2.05, 4.69) is 21.2 Å². The molecule has 1 N–H and O–H groups in total. The summed E-state index contributed by atoms with van der Waals surface area (Å²) in [6.45, 7) is 1.68. The van der Waals surface area contributed by atoms with Gasteiger partial charge in [-0.3, -0.25) is 14.9 Å². The van der Waals surface area contributed by atoms with Gasteiger partial charge in [0, 0.05) is 5.02 Å². The van der Waals surface area contributed by atoms with Crippen LogP contribution in [0.2, 0.25) is 5.02 Å². The Balaban J connectivity index is 1.96. The number of nitriles is 1. The fraction of sp³-hybridized carbons (Fsp3) is 0.100. The van der Waals surface area contributed by atoms with E-state index in [-0.39, 0.29) is 17.9 Å². The summed E-state index contributed by atoms with van der Waals surface area (Å²) >= 11 is 9.42. The average molecular weight is 475 g/mol. The second kappa shape index (κ2) is 8.47. The van der Waals surface area contributed by atoms with Crippen LogP contribution in [0.3, 0.4) is 0 Å². The van der Waals surface area contributed by atoms with Crippen LogP contribution in [0.15, 0.2) is 46.4 Å². The molecule has 0 atom stereocenters. The fourth-order valence-electron chi connectivity index (χ4n) is 2.61. The van der Waals surface area contributed by atoms with Crippen molar-refractivity contribution in [3.63, 3.8) is 0 Å². The number of hydrogen-bond acceptors (Lipinski definition) is 5. The van der Waals surface area contributed by atoms with Crippen molar-refractivity contribution >= 4 is 57.1 Å². The van der Waals surface area contributed by atoms with E-state index in [0.717, 1.165) is 10.5 Å². The average Bonchev–Trinajstić information content (AvgIpc) is 2.67. The molecule has 29 heavy (non-hydrogen) atoms. The summed E-state index contributed by atoms with van der Waals surface area (Å²) in [5.41, 5.74) is 1.36. The van der Waals surface area contributed by atoms with Gasteiger partial charge in [0.05, 0.1) is 10.2 Å². The number of halogens is 2. The van der Waals surface area contributed by atoms with E-state index in [1.807, 2.05) is 6.07 Å². The molecule has 0 bridgehead atoms. The van der Waals surface area contributed by atoms with Gasteiger partial charge in [0.2, 0.25) is 0 Å². The minimum absolute atomic E-state index is 0.115. The molecule has 4 amide bonds. The SMILES string of the molecule is Cc1ccc(N2C(=O)NC(=O)/C(=C/c3ccc(OCC#N)c(Br)c3)C2=O)cc1Cl. The molecule has 1 saturated heterocycles. The first kappa shape index (κ1) is 20.6. The highest BCUT2D eigenvalue weighted by molar-refractivity contribution is 9.10. The van der Waals surface area contributed by atoms with Crippen molar-refractivity contribution in [3.8, 4) is 11.8 Å². The van der Waals surface area contributed by atoms with Gasteiger partial charge in [0.25, 0.3) is 11.8 Å². The summed E-state index contributed by atoms with van der Waals surface area (Å²) < 4.78 is 5.79. The van der Waals surface area contributed by atoms with Gasteiger partial charge in [0.1, 0.15) is 17.4 Å². The van der Waals surface area contributed by atoms with E-state index < -0.39 is 17.8 Å². The van der Waals surface area contributed by atoms with Crippen LogP contribution in [0.25, 0.3) is 6.08 Å². The lowest BCUT2D eigenvalue weighted by Crippen LogP contribution is -2.54. The minimum atomic E-state index is -0.849. The molecule has 2 aromatic rings. The summed E-state index contributed by atoms with van der Waals surface area (Å²) in [5.74, 6) is -1.12. The van der Waals surface area contributed by atoms with Gasteiger partial charge in [-0.15, -0.1) is 0 Å². The molecule has 9 heteroatoms. The van der Waals surface area contributed by atoms with E-state index in [1.165, 1.54) is 12.1 Å². The number of nitrogens with zero attached hydrogens (tertiary/aromatic N) is 2. The standard InChI is InChI=1S/C20H13BrClN3O4/c1-11-2-4-13(10-16(11)22)25-19(27)14(18(26)24-20(25)28)8-12-3-5-17(15(21)9-12)29-7-6-23/h2-5,8-10H,7H2,1H3,(H,24,26,28)/b14-8-. The number of aryl methyl sites for hydroxylation is 1. The van der Waals surface area contributed by atoms with E-state index in [1.54, 1.807) is 37.3 Å². The van der Waals surface area contributed by atoms with Gasteiger partial charge in [-0.25, -0.2) is 9.69 Å². The predicted octanol–water partition coefficient (Wildman–Crippen LogP) is 3.98. The van der Waals surface area contributed by atoms with E-state index >= 15 is 0 Å². The number of nitrogens with one attached hydrogen (secondary N) is 1. The van der Waals surface area contributed by atoms with Crippen LogP contribution in [-0.2, 0) is 9.59 Å². The highest BCUT2D eigenvalue weighted by atomic mass is 79.9. The molecule has 0 aliphatic carbocycles. The van der Waals surface area contributed by atoms with Crippen molar-refractivity contribution in [1.82, 2.24) is 5.32 Å². The van der Waals surface area contributed by atoms with E-state index in [9.17, 15) is 14.4 Å². The van der Waals surface area contributed by atoms with Gasteiger partial charge in [-0.05, 0) is 64.3 Å². The predicted molar refractivity (Wildman–Crippen MR) is 110 cm³/mol. The molecular formula is C20H13BrClN3O4. The van der Waals surface area contributed by atoms with Crippen LogP contribution >= 0.6 is 27.5 Å². The maximum absolute atomic E-state index is 12.9. The number of rotatable bonds is 4. The number of carbonyl (C=O) groups excluding carboxylic acids is 3. The highest BCUT2D eigenvalue weighted by Gasteiger charge is 2.37. The number of carbonyl (C=O) groups is 3. The molecule has 0 spiro atoms. The second-order valence-corrected chi connectivity index (χ2v) is 7.29. The van der Waals surface area contributed by atoms with Crippen LogP contribution in [0.5, 0.6) is 5.75 Å². The number of barbiturate groups is 1. The normalized spacial score (nSPS) is 15.3. The number of amides is 4. The molecule has 146 valence electrons. The molecule has 3 rings (SSSR count). The smallest absolute Gasteiger partial charge is 0.335 e. The van der Waals surface area contributed by atoms with Gasteiger partial charge in [0.15, 0.2) is 6.61 Å². The number of ether oxygens (including phenoxy) is 1. The Morgan fingerprint density at radius 2 is 2.00 bits per heavy atom. The Morgan fingerprint density at radius 3 is 2.66 bits per heavy atom. The van der Waals surface area contributed by atoms with Crippen molar-refractivity contribution in [2.45, 2.75) is 6.92 Å². The molecule has 1 heterocycles. The zero-order valence-corrected chi connectivity index (χ0v) is 17.4. The molecule has 2 aromatic carbocycles. The van der Waals surface area contributed by atoms with Crippen LogP contribution < -0.4 is 15.0 Å². The van der Waals surface area contributed by atoms with Gasteiger partial charge < -0.3 is 4.74 Å². The second-order valence-electron chi connectivity index (χ2n) is 6.03. The lowest BCUT2D eigenvalue weighted by Gasteiger charge is -2.26. The molecule has 1 fully saturated rings. The first-order chi connectivity index (χ1) is 13.8. The number of hydrogen-bond donors (Lipinski definition) is 1. The molecule has 0 unspecified atom stereocenters. The summed E-state index contributed by atoms with van der Waals surface area (Å²) in [6, 6.07) is 10.6. The molecule has 0 radical (unpaired) electrons. The van der Waals surface area contributed by atoms with Crippen LogP contribution in [0.1, 0.15) is 11.1 Å². The lowest BCUT2D eigenvalue weighted by molar-refractivity contribution is -0.122. The van der Waals surface area contributed by atoms with E-state index in [0.29, 0.717) is 20.8 Å². The minimum Gasteiger partial charge on any atom is -0.478 e.